The summed E-state index contributed by atoms with van der Waals surface area (Å²) in [4.78, 5) is 0. The summed E-state index contributed by atoms with van der Waals surface area (Å²) in [6, 6.07) is 0. The molecule has 0 aromatic heterocycles. The summed E-state index contributed by atoms with van der Waals surface area (Å²) in [7, 11) is 0. The van der Waals surface area contributed by atoms with Crippen molar-refractivity contribution in [3.8, 4) is 0 Å². The number of rotatable bonds is 2. The fraction of sp³-hybridized carbons (Fsp3) is 0.789. The first kappa shape index (κ1) is 12.2. The van der Waals surface area contributed by atoms with Crippen molar-refractivity contribution in [1.29, 1.82) is 0 Å². The minimum Gasteiger partial charge on any atom is -0.0772 e. The summed E-state index contributed by atoms with van der Waals surface area (Å²) in [5.74, 6) is 3.66. The van der Waals surface area contributed by atoms with Crippen molar-refractivity contribution in [2.24, 2.45) is 23.7 Å². The lowest BCUT2D eigenvalue weighted by Gasteiger charge is -2.29. The molecule has 104 valence electrons. The lowest BCUT2D eigenvalue weighted by Crippen LogP contribution is -2.15. The van der Waals surface area contributed by atoms with E-state index in [2.05, 4.69) is 12.2 Å². The van der Waals surface area contributed by atoms with Crippen molar-refractivity contribution in [2.45, 2.75) is 70.6 Å². The van der Waals surface area contributed by atoms with Gasteiger partial charge in [0.25, 0.3) is 0 Å². The van der Waals surface area contributed by atoms with Gasteiger partial charge in [-0.15, -0.1) is 0 Å². The molecule has 4 aliphatic carbocycles. The molecule has 0 heteroatoms. The summed E-state index contributed by atoms with van der Waals surface area (Å²) in [6.45, 7) is 0. The fourth-order valence-corrected chi connectivity index (χ4v) is 5.34. The summed E-state index contributed by atoms with van der Waals surface area (Å²) < 4.78 is 0. The molecule has 0 amide bonds. The summed E-state index contributed by atoms with van der Waals surface area (Å²) in [5.41, 5.74) is 3.73. The highest BCUT2D eigenvalue weighted by molar-refractivity contribution is 5.38. The molecule has 0 saturated heterocycles. The van der Waals surface area contributed by atoms with Crippen LogP contribution in [0.15, 0.2) is 23.3 Å². The predicted molar refractivity (Wildman–Crippen MR) is 80.9 cm³/mol. The number of fused-ring (bicyclic) bond motifs is 2. The standard InChI is InChI=1S/C19H28/c1-3-7-14(8-4-1)18-12-17-11-16(18)13-19(17)15-9-5-2-6-10-15/h12-17H,1-11H2/t16-,17-/m1/s1. The molecule has 2 atom stereocenters. The first-order valence-electron chi connectivity index (χ1n) is 8.85. The Morgan fingerprint density at radius 2 is 1.00 bits per heavy atom. The predicted octanol–water partition coefficient (Wildman–Crippen LogP) is 5.65. The molecule has 4 rings (SSSR count). The Balaban J connectivity index is 1.46. The van der Waals surface area contributed by atoms with Gasteiger partial charge in [0.1, 0.15) is 0 Å². The van der Waals surface area contributed by atoms with E-state index in [4.69, 9.17) is 0 Å². The molecule has 0 spiro atoms. The van der Waals surface area contributed by atoms with Crippen LogP contribution in [0.25, 0.3) is 0 Å². The lowest BCUT2D eigenvalue weighted by molar-refractivity contribution is 0.384. The van der Waals surface area contributed by atoms with Crippen LogP contribution in [0.3, 0.4) is 0 Å². The van der Waals surface area contributed by atoms with Gasteiger partial charge < -0.3 is 0 Å². The second kappa shape index (κ2) is 5.11. The monoisotopic (exact) mass is 256 g/mol. The van der Waals surface area contributed by atoms with E-state index < -0.39 is 0 Å². The average molecular weight is 256 g/mol. The highest BCUT2D eigenvalue weighted by atomic mass is 14.4. The van der Waals surface area contributed by atoms with Crippen LogP contribution in [0.2, 0.25) is 0 Å². The lowest BCUT2D eigenvalue weighted by atomic mass is 9.76. The molecule has 0 aliphatic heterocycles. The van der Waals surface area contributed by atoms with Gasteiger partial charge in [-0.3, -0.25) is 0 Å². The fourth-order valence-electron chi connectivity index (χ4n) is 5.34. The first-order chi connectivity index (χ1) is 9.42. The zero-order valence-corrected chi connectivity index (χ0v) is 12.2. The topological polar surface area (TPSA) is 0 Å². The Morgan fingerprint density at radius 1 is 0.579 bits per heavy atom. The van der Waals surface area contributed by atoms with Gasteiger partial charge in [-0.1, -0.05) is 61.8 Å². The van der Waals surface area contributed by atoms with Crippen LogP contribution < -0.4 is 0 Å². The third kappa shape index (κ3) is 2.22. The Hall–Kier alpha value is -0.520. The Morgan fingerprint density at radius 3 is 1.37 bits per heavy atom. The van der Waals surface area contributed by atoms with Crippen molar-refractivity contribution in [1.82, 2.24) is 0 Å². The van der Waals surface area contributed by atoms with E-state index in [9.17, 15) is 0 Å². The van der Waals surface area contributed by atoms with Crippen LogP contribution in [0.4, 0.5) is 0 Å². The van der Waals surface area contributed by atoms with Gasteiger partial charge in [-0.2, -0.15) is 0 Å². The second-order valence-electron chi connectivity index (χ2n) is 7.45. The molecular weight excluding hydrogens is 228 g/mol. The minimum atomic E-state index is 0.866. The van der Waals surface area contributed by atoms with Crippen LogP contribution in [0.1, 0.15) is 70.6 Å². The molecule has 19 heavy (non-hydrogen) atoms. The highest BCUT2D eigenvalue weighted by Gasteiger charge is 2.39. The second-order valence-corrected chi connectivity index (χ2v) is 7.45. The zero-order valence-electron chi connectivity index (χ0n) is 12.2. The van der Waals surface area contributed by atoms with Gasteiger partial charge in [0.2, 0.25) is 0 Å². The van der Waals surface area contributed by atoms with Gasteiger partial charge in [0.05, 0.1) is 0 Å². The van der Waals surface area contributed by atoms with Crippen LogP contribution >= 0.6 is 0 Å². The van der Waals surface area contributed by atoms with Crippen LogP contribution in [-0.4, -0.2) is 0 Å². The van der Waals surface area contributed by atoms with Gasteiger partial charge in [-0.05, 0) is 55.8 Å². The van der Waals surface area contributed by atoms with Gasteiger partial charge >= 0.3 is 0 Å². The molecule has 0 radical (unpaired) electrons. The molecule has 4 aliphatic rings. The molecule has 0 N–H and O–H groups in total. The van der Waals surface area contributed by atoms with Crippen molar-refractivity contribution in [2.75, 3.05) is 0 Å². The van der Waals surface area contributed by atoms with E-state index in [1.807, 2.05) is 11.1 Å². The molecule has 2 bridgehead atoms. The summed E-state index contributed by atoms with van der Waals surface area (Å²) >= 11 is 0. The molecule has 0 nitrogen and oxygen atoms in total. The van der Waals surface area contributed by atoms with E-state index in [1.54, 1.807) is 0 Å². The largest absolute Gasteiger partial charge is 0.0772 e. The maximum atomic E-state index is 2.73. The normalized spacial score (nSPS) is 36.4. The molecule has 0 heterocycles. The Bertz CT molecular complexity index is 350. The van der Waals surface area contributed by atoms with Crippen molar-refractivity contribution in [3.63, 3.8) is 0 Å². The number of hydrogen-bond donors (Lipinski definition) is 0. The van der Waals surface area contributed by atoms with E-state index in [0.717, 1.165) is 23.7 Å². The SMILES string of the molecule is C1=C(C2CCCCC2)[C@H]2C=C(C3CCCCC3)[C@@H]1C2. The van der Waals surface area contributed by atoms with Crippen LogP contribution in [-0.2, 0) is 0 Å². The van der Waals surface area contributed by atoms with E-state index >= 15 is 0 Å². The molecule has 0 aromatic rings. The van der Waals surface area contributed by atoms with Gasteiger partial charge in [0, 0.05) is 0 Å². The van der Waals surface area contributed by atoms with E-state index in [-0.39, 0.29) is 0 Å². The van der Waals surface area contributed by atoms with E-state index in [0.29, 0.717) is 0 Å². The van der Waals surface area contributed by atoms with Crippen molar-refractivity contribution < 1.29 is 0 Å². The molecule has 0 unspecified atom stereocenters. The minimum absolute atomic E-state index is 0.866. The third-order valence-corrected chi connectivity index (χ3v) is 6.30. The molecule has 2 saturated carbocycles. The number of allylic oxidation sites excluding steroid dienone is 4. The van der Waals surface area contributed by atoms with Crippen molar-refractivity contribution >= 4 is 0 Å². The Kier molecular flexibility index (Phi) is 3.29. The summed E-state index contributed by atoms with van der Waals surface area (Å²) in [6.07, 6.45) is 21.8. The van der Waals surface area contributed by atoms with E-state index in [1.165, 1.54) is 70.6 Å². The van der Waals surface area contributed by atoms with Crippen LogP contribution in [0.5, 0.6) is 0 Å². The van der Waals surface area contributed by atoms with Crippen LogP contribution in [0, 0.1) is 23.7 Å². The highest BCUT2D eigenvalue weighted by Crippen LogP contribution is 2.51. The Labute approximate surface area is 118 Å². The average Bonchev–Trinajstić information content (AvgIpc) is 3.09. The summed E-state index contributed by atoms with van der Waals surface area (Å²) in [5, 5.41) is 0. The molecular formula is C19H28. The first-order valence-corrected chi connectivity index (χ1v) is 8.85. The molecule has 2 fully saturated rings. The van der Waals surface area contributed by atoms with Crippen molar-refractivity contribution in [3.05, 3.63) is 23.3 Å². The molecule has 0 aromatic carbocycles. The zero-order chi connectivity index (χ0) is 12.7. The third-order valence-electron chi connectivity index (χ3n) is 6.30. The van der Waals surface area contributed by atoms with Gasteiger partial charge in [-0.25, -0.2) is 0 Å². The smallest absolute Gasteiger partial charge is 0.000861 e. The maximum Gasteiger partial charge on any atom is -0.000861 e. The quantitative estimate of drug-likeness (QED) is 0.560. The van der Waals surface area contributed by atoms with Gasteiger partial charge in [0.15, 0.2) is 0 Å². The maximum absolute atomic E-state index is 2.73. The number of hydrogen-bond acceptors (Lipinski definition) is 0.